The van der Waals surface area contributed by atoms with E-state index in [0.29, 0.717) is 29.4 Å². The third-order valence-corrected chi connectivity index (χ3v) is 3.55. The number of amidine groups is 1. The lowest BCUT2D eigenvalue weighted by Gasteiger charge is -2.09. The average molecular weight is 277 g/mol. The lowest BCUT2D eigenvalue weighted by atomic mass is 10.3. The van der Waals surface area contributed by atoms with Crippen molar-refractivity contribution in [3.8, 4) is 11.5 Å². The topological polar surface area (TPSA) is 81.2 Å². The zero-order valence-electron chi connectivity index (χ0n) is 10.6. The summed E-state index contributed by atoms with van der Waals surface area (Å²) >= 11 is 1.41. The standard InChI is InChI=1S/C13H15N3O2S/c1-17-9-4-2-3-5-10(9)18-7-6-12-16-8-11(19-12)13(14)15/h2-5,8H,6-7H2,1H3,(H3,14,15). The van der Waals surface area contributed by atoms with Crippen LogP contribution in [-0.4, -0.2) is 24.5 Å². The number of benzene rings is 1. The van der Waals surface area contributed by atoms with Gasteiger partial charge < -0.3 is 15.2 Å². The van der Waals surface area contributed by atoms with Gasteiger partial charge in [0.05, 0.1) is 23.6 Å². The van der Waals surface area contributed by atoms with Gasteiger partial charge in [0.2, 0.25) is 0 Å². The highest BCUT2D eigenvalue weighted by Gasteiger charge is 2.06. The van der Waals surface area contributed by atoms with Crippen LogP contribution in [0.1, 0.15) is 9.88 Å². The van der Waals surface area contributed by atoms with Crippen LogP contribution in [0.3, 0.4) is 0 Å². The van der Waals surface area contributed by atoms with Gasteiger partial charge in [-0.25, -0.2) is 4.98 Å². The van der Waals surface area contributed by atoms with Gasteiger partial charge in [-0.05, 0) is 12.1 Å². The monoisotopic (exact) mass is 277 g/mol. The molecule has 6 heteroatoms. The van der Waals surface area contributed by atoms with E-state index in [4.69, 9.17) is 20.6 Å². The molecular weight excluding hydrogens is 262 g/mol. The summed E-state index contributed by atoms with van der Waals surface area (Å²) in [7, 11) is 1.61. The van der Waals surface area contributed by atoms with Crippen molar-refractivity contribution in [2.45, 2.75) is 6.42 Å². The summed E-state index contributed by atoms with van der Waals surface area (Å²) in [5, 5.41) is 8.22. The Kier molecular flexibility index (Phi) is 4.35. The van der Waals surface area contributed by atoms with Gasteiger partial charge in [-0.3, -0.25) is 5.41 Å². The number of nitrogens with zero attached hydrogens (tertiary/aromatic N) is 1. The number of nitrogen functional groups attached to an aromatic ring is 1. The van der Waals surface area contributed by atoms with Gasteiger partial charge in [0.15, 0.2) is 11.5 Å². The fourth-order valence-electron chi connectivity index (χ4n) is 1.54. The molecule has 0 fully saturated rings. The Morgan fingerprint density at radius 1 is 1.37 bits per heavy atom. The lowest BCUT2D eigenvalue weighted by Crippen LogP contribution is -2.08. The molecule has 100 valence electrons. The van der Waals surface area contributed by atoms with E-state index in [1.165, 1.54) is 11.3 Å². The number of aromatic nitrogens is 1. The lowest BCUT2D eigenvalue weighted by molar-refractivity contribution is 0.297. The van der Waals surface area contributed by atoms with Crippen molar-refractivity contribution in [2.75, 3.05) is 13.7 Å². The molecule has 0 aliphatic carbocycles. The van der Waals surface area contributed by atoms with Crippen molar-refractivity contribution in [2.24, 2.45) is 5.73 Å². The minimum absolute atomic E-state index is 0.0504. The van der Waals surface area contributed by atoms with Crippen LogP contribution in [0.25, 0.3) is 0 Å². The number of para-hydroxylation sites is 2. The minimum atomic E-state index is 0.0504. The fourth-order valence-corrected chi connectivity index (χ4v) is 2.30. The molecule has 0 aliphatic heterocycles. The van der Waals surface area contributed by atoms with Gasteiger partial charge in [0.25, 0.3) is 0 Å². The Balaban J connectivity index is 1.90. The summed E-state index contributed by atoms with van der Waals surface area (Å²) in [5.41, 5.74) is 5.39. The van der Waals surface area contributed by atoms with Crippen LogP contribution in [0, 0.1) is 5.41 Å². The summed E-state index contributed by atoms with van der Waals surface area (Å²) in [5.74, 6) is 1.48. The van der Waals surface area contributed by atoms with Gasteiger partial charge in [-0.1, -0.05) is 12.1 Å². The van der Waals surface area contributed by atoms with E-state index in [0.717, 1.165) is 5.01 Å². The summed E-state index contributed by atoms with van der Waals surface area (Å²) in [6, 6.07) is 7.51. The molecule has 0 amide bonds. The van der Waals surface area contributed by atoms with E-state index in [-0.39, 0.29) is 5.84 Å². The molecule has 3 N–H and O–H groups in total. The quantitative estimate of drug-likeness (QED) is 0.625. The number of methoxy groups -OCH3 is 1. The molecule has 0 bridgehead atoms. The van der Waals surface area contributed by atoms with E-state index < -0.39 is 0 Å². The molecule has 0 unspecified atom stereocenters. The molecule has 0 aliphatic rings. The smallest absolute Gasteiger partial charge is 0.161 e. The Morgan fingerprint density at radius 3 is 2.74 bits per heavy atom. The number of thiazole rings is 1. The van der Waals surface area contributed by atoms with Gasteiger partial charge in [-0.15, -0.1) is 11.3 Å². The molecule has 0 saturated carbocycles. The van der Waals surface area contributed by atoms with E-state index in [2.05, 4.69) is 4.98 Å². The summed E-state index contributed by atoms with van der Waals surface area (Å²) in [6.45, 7) is 0.505. The van der Waals surface area contributed by atoms with E-state index in [9.17, 15) is 0 Å². The van der Waals surface area contributed by atoms with Crippen molar-refractivity contribution in [1.82, 2.24) is 4.98 Å². The van der Waals surface area contributed by atoms with Gasteiger partial charge in [0, 0.05) is 12.6 Å². The molecule has 1 heterocycles. The zero-order chi connectivity index (χ0) is 13.7. The van der Waals surface area contributed by atoms with Gasteiger partial charge in [0.1, 0.15) is 5.84 Å². The highest BCUT2D eigenvalue weighted by molar-refractivity contribution is 7.13. The van der Waals surface area contributed by atoms with Crippen molar-refractivity contribution in [3.63, 3.8) is 0 Å². The molecule has 2 rings (SSSR count). The fraction of sp³-hybridized carbons (Fsp3) is 0.231. The maximum Gasteiger partial charge on any atom is 0.161 e. The van der Waals surface area contributed by atoms with Gasteiger partial charge in [-0.2, -0.15) is 0 Å². The molecule has 0 spiro atoms. The van der Waals surface area contributed by atoms with E-state index in [1.807, 2.05) is 24.3 Å². The van der Waals surface area contributed by atoms with Crippen LogP contribution in [0.4, 0.5) is 0 Å². The van der Waals surface area contributed by atoms with Crippen LogP contribution in [-0.2, 0) is 6.42 Å². The third kappa shape index (κ3) is 3.45. The molecular formula is C13H15N3O2S. The second kappa shape index (κ2) is 6.19. The number of rotatable bonds is 6. The highest BCUT2D eigenvalue weighted by atomic mass is 32.1. The number of nitrogens with one attached hydrogen (secondary N) is 1. The van der Waals surface area contributed by atoms with Gasteiger partial charge >= 0.3 is 0 Å². The zero-order valence-corrected chi connectivity index (χ0v) is 11.4. The molecule has 1 aromatic carbocycles. The molecule has 5 nitrogen and oxygen atoms in total. The first-order valence-corrected chi connectivity index (χ1v) is 6.57. The average Bonchev–Trinajstić information content (AvgIpc) is 2.88. The number of hydrogen-bond donors (Lipinski definition) is 2. The summed E-state index contributed by atoms with van der Waals surface area (Å²) in [6.07, 6.45) is 2.29. The van der Waals surface area contributed by atoms with E-state index in [1.54, 1.807) is 13.3 Å². The first-order valence-electron chi connectivity index (χ1n) is 5.75. The SMILES string of the molecule is COc1ccccc1OCCc1ncc(C(=N)N)s1. The second-order valence-corrected chi connectivity index (χ2v) is 4.90. The van der Waals surface area contributed by atoms with Crippen molar-refractivity contribution < 1.29 is 9.47 Å². The second-order valence-electron chi connectivity index (χ2n) is 3.78. The van der Waals surface area contributed by atoms with Crippen LogP contribution in [0.5, 0.6) is 11.5 Å². The number of hydrogen-bond acceptors (Lipinski definition) is 5. The summed E-state index contributed by atoms with van der Waals surface area (Å²) < 4.78 is 10.9. The van der Waals surface area contributed by atoms with Crippen molar-refractivity contribution in [1.29, 1.82) is 5.41 Å². The van der Waals surface area contributed by atoms with Crippen LogP contribution < -0.4 is 15.2 Å². The maximum absolute atomic E-state index is 7.31. The first-order chi connectivity index (χ1) is 9.20. The Morgan fingerprint density at radius 2 is 2.11 bits per heavy atom. The minimum Gasteiger partial charge on any atom is -0.493 e. The predicted molar refractivity (Wildman–Crippen MR) is 75.3 cm³/mol. The molecule has 0 radical (unpaired) electrons. The normalized spacial score (nSPS) is 10.2. The Bertz CT molecular complexity index is 569. The van der Waals surface area contributed by atoms with Crippen LogP contribution >= 0.6 is 11.3 Å². The largest absolute Gasteiger partial charge is 0.493 e. The third-order valence-electron chi connectivity index (χ3n) is 2.46. The molecule has 0 atom stereocenters. The van der Waals surface area contributed by atoms with Crippen molar-refractivity contribution >= 4 is 17.2 Å². The Hall–Kier alpha value is -2.08. The summed E-state index contributed by atoms with van der Waals surface area (Å²) in [4.78, 5) is 4.88. The van der Waals surface area contributed by atoms with Crippen LogP contribution in [0.2, 0.25) is 0 Å². The molecule has 0 saturated heterocycles. The molecule has 1 aromatic heterocycles. The molecule has 2 aromatic rings. The van der Waals surface area contributed by atoms with Crippen molar-refractivity contribution in [3.05, 3.63) is 40.3 Å². The Labute approximate surface area is 115 Å². The maximum atomic E-state index is 7.31. The number of nitrogens with two attached hydrogens (primary N) is 1. The first kappa shape index (κ1) is 13.4. The molecule has 19 heavy (non-hydrogen) atoms. The van der Waals surface area contributed by atoms with E-state index >= 15 is 0 Å². The predicted octanol–water partition coefficient (Wildman–Crippen LogP) is 2.06. The number of ether oxygens (including phenoxy) is 2. The van der Waals surface area contributed by atoms with Crippen LogP contribution in [0.15, 0.2) is 30.5 Å². The highest BCUT2D eigenvalue weighted by Crippen LogP contribution is 2.26.